The van der Waals surface area contributed by atoms with E-state index in [0.717, 1.165) is 40.7 Å². The maximum absolute atomic E-state index is 15.2. The number of morpholine rings is 1. The van der Waals surface area contributed by atoms with E-state index < -0.39 is 34.8 Å². The fourth-order valence-corrected chi connectivity index (χ4v) is 6.21. The summed E-state index contributed by atoms with van der Waals surface area (Å²) in [5, 5.41) is 8.59. The van der Waals surface area contributed by atoms with Gasteiger partial charge < -0.3 is 14.7 Å². The number of carboxylic acid groups (broad SMARTS) is 1. The Bertz CT molecular complexity index is 1350. The first-order chi connectivity index (χ1) is 21.0. The second-order valence-corrected chi connectivity index (χ2v) is 12.9. The van der Waals surface area contributed by atoms with Crippen LogP contribution < -0.4 is 0 Å². The predicted molar refractivity (Wildman–Crippen MR) is 170 cm³/mol. The van der Waals surface area contributed by atoms with E-state index in [9.17, 15) is 13.4 Å². The summed E-state index contributed by atoms with van der Waals surface area (Å²) in [6.45, 7) is 4.71. The van der Waals surface area contributed by atoms with Crippen LogP contribution in [0.5, 0.6) is 0 Å². The van der Waals surface area contributed by atoms with Crippen molar-refractivity contribution in [3.8, 4) is 0 Å². The number of rotatable bonds is 10. The summed E-state index contributed by atoms with van der Waals surface area (Å²) >= 11 is 11.6. The van der Waals surface area contributed by atoms with Gasteiger partial charge in [-0.05, 0) is 67.5 Å². The van der Waals surface area contributed by atoms with Gasteiger partial charge in [-0.3, -0.25) is 13.9 Å². The third-order valence-electron chi connectivity index (χ3n) is 6.81. The van der Waals surface area contributed by atoms with Crippen LogP contribution in [0, 0.1) is 5.92 Å². The summed E-state index contributed by atoms with van der Waals surface area (Å²) in [6.07, 6.45) is 6.74. The average molecular weight is 670 g/mol. The van der Waals surface area contributed by atoms with E-state index in [0.29, 0.717) is 17.9 Å². The molecule has 3 atom stereocenters. The summed E-state index contributed by atoms with van der Waals surface area (Å²) in [5.41, 5.74) is 0.851. The molecule has 1 aliphatic heterocycles. The lowest BCUT2D eigenvalue weighted by Crippen LogP contribution is -2.54. The molecule has 1 N–H and O–H groups in total. The molecule has 0 bridgehead atoms. The smallest absolute Gasteiger partial charge is 0.300 e. The fourth-order valence-electron chi connectivity index (χ4n) is 4.50. The third kappa shape index (κ3) is 11.1. The van der Waals surface area contributed by atoms with Crippen molar-refractivity contribution in [2.24, 2.45) is 5.92 Å². The maximum Gasteiger partial charge on any atom is 0.300 e. The van der Waals surface area contributed by atoms with Crippen LogP contribution in [0.4, 0.5) is 8.78 Å². The van der Waals surface area contributed by atoms with Gasteiger partial charge in [0.25, 0.3) is 5.97 Å². The SMILES string of the molecule is C=C/C=C\C(F)=C(\F)N(CC(C1CC1)N1C(=O)COC[C@H]1c1ccc(Cl)cc1)S(=O)C1CC1.CC(=O)O.Clc1ccccc1. The highest BCUT2D eigenvalue weighted by Gasteiger charge is 2.46. The van der Waals surface area contributed by atoms with E-state index in [1.54, 1.807) is 17.0 Å². The Labute approximate surface area is 269 Å². The molecule has 3 fully saturated rings. The molecule has 0 radical (unpaired) electrons. The van der Waals surface area contributed by atoms with Crippen LogP contribution in [0.15, 0.2) is 91.2 Å². The highest BCUT2D eigenvalue weighted by molar-refractivity contribution is 7.83. The Morgan fingerprint density at radius 3 is 2.20 bits per heavy atom. The monoisotopic (exact) mass is 668 g/mol. The number of halogens is 4. The zero-order valence-electron chi connectivity index (χ0n) is 24.3. The van der Waals surface area contributed by atoms with E-state index in [-0.39, 0.29) is 42.9 Å². The van der Waals surface area contributed by atoms with Gasteiger partial charge in [0, 0.05) is 17.0 Å². The van der Waals surface area contributed by atoms with Gasteiger partial charge in [-0.1, -0.05) is 72.3 Å². The molecule has 0 spiro atoms. The van der Waals surface area contributed by atoms with Gasteiger partial charge in [-0.15, -0.1) is 0 Å². The fraction of sp³-hybridized carbons (Fsp3) is 0.375. The van der Waals surface area contributed by atoms with E-state index >= 15 is 4.39 Å². The standard InChI is InChI=1S/C24H27ClF2N2O3S.C6H5Cl.C2H4O2/c1-2-3-4-20(26)24(27)28(33(31)19-11-12-19)13-21(16-5-6-16)29-22(14-32-15-23(29)30)17-7-9-18(25)10-8-17;7-6-4-2-1-3-5-6;1-2(3)4/h2-4,7-10,16,19,21-22H,1,5-6,11-15H2;1-5H;1H3,(H,3,4)/b4-3-,24-20+;;/t21?,22-,33?;;/m0../s1. The number of carboxylic acids is 1. The molecule has 2 aromatic carbocycles. The first-order valence-electron chi connectivity index (χ1n) is 14.1. The van der Waals surface area contributed by atoms with Gasteiger partial charge in [-0.25, -0.2) is 8.60 Å². The predicted octanol–water partition coefficient (Wildman–Crippen LogP) is 7.43. The van der Waals surface area contributed by atoms with Crippen LogP contribution in [0.25, 0.3) is 0 Å². The van der Waals surface area contributed by atoms with Crippen LogP contribution in [0.2, 0.25) is 10.0 Å². The number of allylic oxidation sites excluding steroid dienone is 4. The topological polar surface area (TPSA) is 87.2 Å². The number of carbonyl (C=O) groups is 2. The quantitative estimate of drug-likeness (QED) is 0.210. The molecule has 44 heavy (non-hydrogen) atoms. The van der Waals surface area contributed by atoms with Gasteiger partial charge >= 0.3 is 0 Å². The van der Waals surface area contributed by atoms with Gasteiger partial charge in [0.15, 0.2) is 5.83 Å². The summed E-state index contributed by atoms with van der Waals surface area (Å²) in [7, 11) is -1.72. The number of hydrogen-bond acceptors (Lipinski definition) is 4. The number of aliphatic carboxylic acids is 1. The first-order valence-corrected chi connectivity index (χ1v) is 16.0. The van der Waals surface area contributed by atoms with Crippen molar-refractivity contribution in [2.75, 3.05) is 19.8 Å². The molecule has 3 aliphatic rings. The molecule has 238 valence electrons. The van der Waals surface area contributed by atoms with E-state index in [1.807, 2.05) is 42.5 Å². The summed E-state index contributed by atoms with van der Waals surface area (Å²) in [4.78, 5) is 23.8. The highest BCUT2D eigenvalue weighted by atomic mass is 35.5. The van der Waals surface area contributed by atoms with E-state index in [1.165, 1.54) is 12.2 Å². The first kappa shape index (κ1) is 35.4. The van der Waals surface area contributed by atoms with Crippen LogP contribution >= 0.6 is 23.2 Å². The van der Waals surface area contributed by atoms with Crippen molar-refractivity contribution in [3.05, 3.63) is 107 Å². The number of ether oxygens (including phenoxy) is 1. The van der Waals surface area contributed by atoms with Crippen molar-refractivity contribution in [2.45, 2.75) is 49.9 Å². The van der Waals surface area contributed by atoms with Crippen molar-refractivity contribution in [1.29, 1.82) is 0 Å². The Kier molecular flexibility index (Phi) is 14.0. The number of nitrogens with zero attached hydrogens (tertiary/aromatic N) is 2. The zero-order chi connectivity index (χ0) is 32.2. The molecule has 1 amide bonds. The van der Waals surface area contributed by atoms with Gasteiger partial charge in [0.05, 0.1) is 30.5 Å². The summed E-state index contributed by atoms with van der Waals surface area (Å²) in [6, 6.07) is 15.8. The molecule has 0 aromatic heterocycles. The lowest BCUT2D eigenvalue weighted by atomic mass is 10.00. The number of benzene rings is 2. The molecule has 2 aliphatic carbocycles. The van der Waals surface area contributed by atoms with E-state index in [2.05, 4.69) is 6.58 Å². The Morgan fingerprint density at radius 2 is 1.70 bits per heavy atom. The van der Waals surface area contributed by atoms with Crippen LogP contribution in [0.1, 0.15) is 44.2 Å². The second-order valence-electron chi connectivity index (χ2n) is 10.4. The maximum atomic E-state index is 15.2. The molecular formula is C32H36Cl2F2N2O5S. The number of amides is 1. The Morgan fingerprint density at radius 1 is 1.11 bits per heavy atom. The average Bonchev–Trinajstić information content (AvgIpc) is 3.91. The molecule has 12 heteroatoms. The van der Waals surface area contributed by atoms with Crippen LogP contribution in [-0.4, -0.2) is 61.4 Å². The number of carbonyl (C=O) groups excluding carboxylic acids is 1. The van der Waals surface area contributed by atoms with Crippen LogP contribution in [-0.2, 0) is 25.3 Å². The Balaban J connectivity index is 0.000000407. The minimum Gasteiger partial charge on any atom is -0.481 e. The minimum atomic E-state index is -1.72. The summed E-state index contributed by atoms with van der Waals surface area (Å²) < 4.78 is 49.3. The van der Waals surface area contributed by atoms with Gasteiger partial charge in [0.1, 0.15) is 17.6 Å². The molecular weight excluding hydrogens is 633 g/mol. The molecule has 5 rings (SSSR count). The lowest BCUT2D eigenvalue weighted by molar-refractivity contribution is -0.153. The molecule has 2 aromatic rings. The molecule has 1 saturated heterocycles. The minimum absolute atomic E-state index is 0.0508. The number of hydrogen-bond donors (Lipinski definition) is 1. The second kappa shape index (κ2) is 17.4. The van der Waals surface area contributed by atoms with Crippen molar-refractivity contribution < 1.29 is 32.4 Å². The van der Waals surface area contributed by atoms with Crippen molar-refractivity contribution in [1.82, 2.24) is 9.21 Å². The lowest BCUT2D eigenvalue weighted by Gasteiger charge is -2.43. The zero-order valence-corrected chi connectivity index (χ0v) is 26.6. The normalized spacial score (nSPS) is 19.9. The van der Waals surface area contributed by atoms with Crippen molar-refractivity contribution >= 4 is 46.1 Å². The Hall–Kier alpha value is -3.05. The molecule has 7 nitrogen and oxygen atoms in total. The van der Waals surface area contributed by atoms with Crippen LogP contribution in [0.3, 0.4) is 0 Å². The van der Waals surface area contributed by atoms with Crippen molar-refractivity contribution in [3.63, 3.8) is 0 Å². The van der Waals surface area contributed by atoms with Gasteiger partial charge in [0.2, 0.25) is 11.9 Å². The van der Waals surface area contributed by atoms with E-state index in [4.69, 9.17) is 37.8 Å². The molecule has 2 saturated carbocycles. The molecule has 2 unspecified atom stereocenters. The molecule has 1 heterocycles. The third-order valence-corrected chi connectivity index (χ3v) is 9.10. The van der Waals surface area contributed by atoms with Gasteiger partial charge in [-0.2, -0.15) is 4.39 Å². The highest BCUT2D eigenvalue weighted by Crippen LogP contribution is 2.42. The largest absolute Gasteiger partial charge is 0.481 e. The summed E-state index contributed by atoms with van der Waals surface area (Å²) in [5.74, 6) is -3.21.